The Morgan fingerprint density at radius 2 is 0.862 bits per heavy atom. The molecule has 0 atom stereocenters. The zero-order valence-electron chi connectivity index (χ0n) is 35.1. The van der Waals surface area contributed by atoms with Crippen LogP contribution in [0.25, 0.3) is 116 Å². The van der Waals surface area contributed by atoms with E-state index in [2.05, 4.69) is 229 Å². The number of hydrogen-bond donors (Lipinski definition) is 0. The zero-order chi connectivity index (χ0) is 42.6. The lowest BCUT2D eigenvalue weighted by molar-refractivity contribution is 1.32. The van der Waals surface area contributed by atoms with Crippen LogP contribution < -0.4 is 4.90 Å². The van der Waals surface area contributed by atoms with E-state index in [-0.39, 0.29) is 0 Å². The van der Waals surface area contributed by atoms with Crippen LogP contribution in [0.4, 0.5) is 17.1 Å². The molecule has 0 saturated heterocycles. The van der Waals surface area contributed by atoms with Gasteiger partial charge in [-0.2, -0.15) is 0 Å². The molecule has 0 bridgehead atoms. The highest BCUT2D eigenvalue weighted by Gasteiger charge is 2.23. The second-order valence-corrected chi connectivity index (χ2v) is 19.4. The lowest BCUT2D eigenvalue weighted by atomic mass is 9.92. The topological polar surface area (TPSA) is 3.24 Å². The molecule has 0 amide bonds. The van der Waals surface area contributed by atoms with Crippen molar-refractivity contribution in [1.29, 1.82) is 0 Å². The van der Waals surface area contributed by atoms with Crippen molar-refractivity contribution in [2.45, 2.75) is 0 Å². The van der Waals surface area contributed by atoms with Crippen molar-refractivity contribution in [3.63, 3.8) is 0 Å². The molecule has 2 heterocycles. The number of hydrogen-bond acceptors (Lipinski definition) is 3. The van der Waals surface area contributed by atoms with Crippen LogP contribution in [0.3, 0.4) is 0 Å². The highest BCUT2D eigenvalue weighted by molar-refractivity contribution is 7.27. The maximum absolute atomic E-state index is 2.54. The summed E-state index contributed by atoms with van der Waals surface area (Å²) in [5.41, 5.74) is 8.23. The molecule has 0 aliphatic rings. The van der Waals surface area contributed by atoms with Gasteiger partial charge in [0.15, 0.2) is 0 Å². The molecule has 0 spiro atoms. The number of benzene rings is 12. The van der Waals surface area contributed by atoms with Crippen LogP contribution in [-0.2, 0) is 0 Å². The van der Waals surface area contributed by atoms with Gasteiger partial charge in [0, 0.05) is 56.8 Å². The van der Waals surface area contributed by atoms with Crippen LogP contribution in [0.2, 0.25) is 0 Å². The van der Waals surface area contributed by atoms with Crippen molar-refractivity contribution < 1.29 is 0 Å². The molecule has 3 heteroatoms. The van der Waals surface area contributed by atoms with Gasteiger partial charge in [0.05, 0.1) is 11.4 Å². The van der Waals surface area contributed by atoms with Crippen molar-refractivity contribution in [1.82, 2.24) is 0 Å². The van der Waals surface area contributed by atoms with E-state index in [1.165, 1.54) is 116 Å². The highest BCUT2D eigenvalue weighted by Crippen LogP contribution is 2.49. The molecule has 14 aromatic rings. The number of anilines is 3. The van der Waals surface area contributed by atoms with E-state index in [0.29, 0.717) is 0 Å². The lowest BCUT2D eigenvalue weighted by Crippen LogP contribution is -2.11. The monoisotopic (exact) mass is 859 g/mol. The Labute approximate surface area is 383 Å². The third-order valence-corrected chi connectivity index (χ3v) is 15.9. The first-order valence-corrected chi connectivity index (χ1v) is 23.9. The minimum atomic E-state index is 1.12. The predicted octanol–water partition coefficient (Wildman–Crippen LogP) is 19.0. The summed E-state index contributed by atoms with van der Waals surface area (Å²) in [6.07, 6.45) is 0. The molecule has 0 fully saturated rings. The molecular weight excluding hydrogens is 823 g/mol. The van der Waals surface area contributed by atoms with Gasteiger partial charge >= 0.3 is 0 Å². The first kappa shape index (κ1) is 36.6. The standard InChI is InChI=1S/C62H37NS2/c1-2-15-40-33-46(28-25-38(40)13-1)63(56-35-44(31-42-16-4-6-18-47(42)56)41-27-30-59-55(34-41)51-22-11-12-24-58(51)64-59)57-36-45(32-43-17-5-7-19-48(43)57)54-37-60-61(52-23-10-9-21-50(52)54)53-29-26-39-14-3-8-20-49(39)62(53)65-60/h1-37H. The van der Waals surface area contributed by atoms with Crippen LogP contribution in [0.1, 0.15) is 0 Å². The van der Waals surface area contributed by atoms with Crippen LogP contribution in [0.15, 0.2) is 224 Å². The van der Waals surface area contributed by atoms with Crippen molar-refractivity contribution in [2.24, 2.45) is 0 Å². The molecule has 65 heavy (non-hydrogen) atoms. The molecule has 0 N–H and O–H groups in total. The van der Waals surface area contributed by atoms with E-state index in [9.17, 15) is 0 Å². The van der Waals surface area contributed by atoms with Gasteiger partial charge in [0.25, 0.3) is 0 Å². The maximum atomic E-state index is 2.54. The Balaban J connectivity index is 1.06. The fourth-order valence-corrected chi connectivity index (χ4v) is 12.9. The van der Waals surface area contributed by atoms with Gasteiger partial charge in [-0.05, 0) is 126 Å². The van der Waals surface area contributed by atoms with Gasteiger partial charge < -0.3 is 4.90 Å². The van der Waals surface area contributed by atoms with Crippen molar-refractivity contribution in [2.75, 3.05) is 4.90 Å². The molecule has 14 rings (SSSR count). The second kappa shape index (κ2) is 14.4. The Kier molecular flexibility index (Phi) is 8.09. The predicted molar refractivity (Wildman–Crippen MR) is 285 cm³/mol. The molecule has 0 saturated carbocycles. The van der Waals surface area contributed by atoms with E-state index in [4.69, 9.17) is 0 Å². The van der Waals surface area contributed by atoms with Crippen molar-refractivity contribution >= 4 is 134 Å². The van der Waals surface area contributed by atoms with Crippen LogP contribution in [0.5, 0.6) is 0 Å². The first-order valence-electron chi connectivity index (χ1n) is 22.2. The summed E-state index contributed by atoms with van der Waals surface area (Å²) in [6.45, 7) is 0. The number of fused-ring (bicyclic) bond motifs is 13. The fraction of sp³-hybridized carbons (Fsp3) is 0. The SMILES string of the molecule is c1ccc2cc(N(c3cc(-c4ccc5sc6ccccc6c5c4)cc4ccccc34)c3cc(-c4cc5sc6c7ccccc7ccc6c5c5ccccc45)cc4ccccc34)ccc2c1. The maximum Gasteiger partial charge on any atom is 0.0546 e. The first-order chi connectivity index (χ1) is 32.2. The quantitative estimate of drug-likeness (QED) is 0.167. The third-order valence-electron chi connectivity index (χ3n) is 13.5. The minimum Gasteiger partial charge on any atom is -0.309 e. The summed E-state index contributed by atoms with van der Waals surface area (Å²) in [5, 5.41) is 17.7. The smallest absolute Gasteiger partial charge is 0.0546 e. The number of thiophene rings is 2. The third kappa shape index (κ3) is 5.76. The molecule has 0 radical (unpaired) electrons. The summed E-state index contributed by atoms with van der Waals surface area (Å²) in [4.78, 5) is 2.54. The van der Waals surface area contributed by atoms with Crippen molar-refractivity contribution in [3.05, 3.63) is 224 Å². The Morgan fingerprint density at radius 1 is 0.277 bits per heavy atom. The minimum absolute atomic E-state index is 1.12. The lowest BCUT2D eigenvalue weighted by Gasteiger charge is -2.30. The van der Waals surface area contributed by atoms with E-state index >= 15 is 0 Å². The summed E-state index contributed by atoms with van der Waals surface area (Å²) in [7, 11) is 0. The molecule has 302 valence electrons. The molecule has 2 aromatic heterocycles. The molecular formula is C62H37NS2. The van der Waals surface area contributed by atoms with Gasteiger partial charge in [-0.15, -0.1) is 22.7 Å². The summed E-state index contributed by atoms with van der Waals surface area (Å²) in [6, 6.07) is 83.8. The summed E-state index contributed by atoms with van der Waals surface area (Å²) >= 11 is 3.78. The van der Waals surface area contributed by atoms with E-state index < -0.39 is 0 Å². The largest absolute Gasteiger partial charge is 0.309 e. The van der Waals surface area contributed by atoms with Gasteiger partial charge in [0.2, 0.25) is 0 Å². The normalized spacial score (nSPS) is 12.0. The van der Waals surface area contributed by atoms with E-state index in [0.717, 1.165) is 17.1 Å². The summed E-state index contributed by atoms with van der Waals surface area (Å²) < 4.78 is 5.29. The summed E-state index contributed by atoms with van der Waals surface area (Å²) in [5.74, 6) is 0. The number of nitrogens with zero attached hydrogens (tertiary/aromatic N) is 1. The highest BCUT2D eigenvalue weighted by atomic mass is 32.1. The van der Waals surface area contributed by atoms with E-state index in [1.807, 2.05) is 22.7 Å². The Bertz CT molecular complexity index is 4270. The average molecular weight is 860 g/mol. The van der Waals surface area contributed by atoms with Crippen LogP contribution >= 0.6 is 22.7 Å². The second-order valence-electron chi connectivity index (χ2n) is 17.2. The van der Waals surface area contributed by atoms with Gasteiger partial charge in [-0.3, -0.25) is 0 Å². The fourth-order valence-electron chi connectivity index (χ4n) is 10.5. The van der Waals surface area contributed by atoms with Gasteiger partial charge in [-0.1, -0.05) is 164 Å². The molecule has 0 aliphatic carbocycles. The molecule has 0 aliphatic heterocycles. The average Bonchev–Trinajstić information content (AvgIpc) is 3.94. The van der Waals surface area contributed by atoms with Crippen LogP contribution in [-0.4, -0.2) is 0 Å². The van der Waals surface area contributed by atoms with Gasteiger partial charge in [0.1, 0.15) is 0 Å². The molecule has 1 nitrogen and oxygen atoms in total. The van der Waals surface area contributed by atoms with Gasteiger partial charge in [-0.25, -0.2) is 0 Å². The Hall–Kier alpha value is -7.82. The van der Waals surface area contributed by atoms with Crippen LogP contribution in [0, 0.1) is 0 Å². The number of rotatable bonds is 5. The molecule has 0 unspecified atom stereocenters. The van der Waals surface area contributed by atoms with E-state index in [1.54, 1.807) is 0 Å². The molecule has 12 aromatic carbocycles. The Morgan fingerprint density at radius 3 is 1.65 bits per heavy atom. The van der Waals surface area contributed by atoms with Crippen molar-refractivity contribution in [3.8, 4) is 22.3 Å². The zero-order valence-corrected chi connectivity index (χ0v) is 36.8.